The molecule has 3 rings (SSSR count). The molecule has 0 aromatic rings. The molecule has 2 unspecified atom stereocenters. The largest absolute Gasteiger partial charge is 0.341 e. The maximum Gasteiger partial charge on any atom is 0.246 e. The molecular formula is C16H26N2O2S. The number of hydrogen-bond donors (Lipinski definition) is 0. The highest BCUT2D eigenvalue weighted by atomic mass is 32.2. The third-order valence-electron chi connectivity index (χ3n) is 5.45. The van der Waals surface area contributed by atoms with Gasteiger partial charge in [-0.2, -0.15) is 0 Å². The van der Waals surface area contributed by atoms with E-state index >= 15 is 0 Å². The van der Waals surface area contributed by atoms with Gasteiger partial charge in [0.1, 0.15) is 6.04 Å². The Morgan fingerprint density at radius 3 is 2.62 bits per heavy atom. The molecule has 0 spiro atoms. The summed E-state index contributed by atoms with van der Waals surface area (Å²) < 4.78 is 0. The normalized spacial score (nSPS) is 33.9. The van der Waals surface area contributed by atoms with E-state index in [0.29, 0.717) is 12.5 Å². The van der Waals surface area contributed by atoms with Crippen molar-refractivity contribution in [3.05, 3.63) is 0 Å². The summed E-state index contributed by atoms with van der Waals surface area (Å²) in [4.78, 5) is 28.8. The van der Waals surface area contributed by atoms with Crippen molar-refractivity contribution in [2.45, 2.75) is 75.2 Å². The Morgan fingerprint density at radius 1 is 1.29 bits per heavy atom. The standard InChI is InChI=1S/C16H26N2O2S/c1-16-10-9-14(19)18(16)13(11-21-16)15(20)17(2)12-7-5-3-4-6-8-12/h12-13H,3-11H2,1-2H3. The molecule has 4 nitrogen and oxygen atoms in total. The van der Waals surface area contributed by atoms with Crippen LogP contribution in [0.25, 0.3) is 0 Å². The van der Waals surface area contributed by atoms with Crippen molar-refractivity contribution in [2.24, 2.45) is 0 Å². The Hall–Kier alpha value is -0.710. The van der Waals surface area contributed by atoms with Crippen LogP contribution in [0.2, 0.25) is 0 Å². The predicted molar refractivity (Wildman–Crippen MR) is 85.0 cm³/mol. The molecule has 0 aromatic heterocycles. The number of rotatable bonds is 2. The molecular weight excluding hydrogens is 284 g/mol. The van der Waals surface area contributed by atoms with Crippen LogP contribution in [-0.2, 0) is 9.59 Å². The van der Waals surface area contributed by atoms with E-state index in [4.69, 9.17) is 0 Å². The van der Waals surface area contributed by atoms with Gasteiger partial charge in [0.15, 0.2) is 0 Å². The van der Waals surface area contributed by atoms with Gasteiger partial charge >= 0.3 is 0 Å². The minimum absolute atomic E-state index is 0.137. The van der Waals surface area contributed by atoms with E-state index in [-0.39, 0.29) is 22.7 Å². The van der Waals surface area contributed by atoms with E-state index in [9.17, 15) is 9.59 Å². The lowest BCUT2D eigenvalue weighted by Crippen LogP contribution is -2.52. The number of likely N-dealkylation sites (N-methyl/N-ethyl adjacent to an activating group) is 1. The molecule has 0 aromatic carbocycles. The fourth-order valence-electron chi connectivity index (χ4n) is 4.06. The summed E-state index contributed by atoms with van der Waals surface area (Å²) in [6.45, 7) is 2.11. The topological polar surface area (TPSA) is 40.6 Å². The van der Waals surface area contributed by atoms with Gasteiger partial charge in [0.25, 0.3) is 0 Å². The number of carbonyl (C=O) groups is 2. The van der Waals surface area contributed by atoms with Gasteiger partial charge in [-0.3, -0.25) is 9.59 Å². The highest BCUT2D eigenvalue weighted by molar-refractivity contribution is 8.01. The van der Waals surface area contributed by atoms with Gasteiger partial charge in [-0.15, -0.1) is 11.8 Å². The zero-order valence-electron chi connectivity index (χ0n) is 13.1. The highest BCUT2D eigenvalue weighted by Crippen LogP contribution is 2.47. The van der Waals surface area contributed by atoms with Crippen molar-refractivity contribution in [1.82, 2.24) is 9.80 Å². The number of amides is 2. The minimum Gasteiger partial charge on any atom is -0.341 e. The molecule has 2 saturated heterocycles. The molecule has 3 aliphatic rings. The van der Waals surface area contributed by atoms with Crippen molar-refractivity contribution >= 4 is 23.6 Å². The summed E-state index contributed by atoms with van der Waals surface area (Å²) in [7, 11) is 1.94. The Bertz CT molecular complexity index is 434. The molecule has 21 heavy (non-hydrogen) atoms. The van der Waals surface area contributed by atoms with Gasteiger partial charge in [0.05, 0.1) is 4.87 Å². The number of nitrogens with zero attached hydrogens (tertiary/aromatic N) is 2. The summed E-state index contributed by atoms with van der Waals surface area (Å²) >= 11 is 1.78. The van der Waals surface area contributed by atoms with Crippen molar-refractivity contribution in [2.75, 3.05) is 12.8 Å². The van der Waals surface area contributed by atoms with Crippen LogP contribution in [0.5, 0.6) is 0 Å². The Balaban J connectivity index is 1.71. The molecule has 1 saturated carbocycles. The van der Waals surface area contributed by atoms with Crippen molar-refractivity contribution in [3.63, 3.8) is 0 Å². The zero-order chi connectivity index (χ0) is 15.0. The average Bonchev–Trinajstić information content (AvgIpc) is 2.82. The fourth-order valence-corrected chi connectivity index (χ4v) is 5.49. The molecule has 0 N–H and O–H groups in total. The highest BCUT2D eigenvalue weighted by Gasteiger charge is 2.53. The summed E-state index contributed by atoms with van der Waals surface area (Å²) in [6, 6.07) is 0.137. The first-order chi connectivity index (χ1) is 10.0. The first-order valence-electron chi connectivity index (χ1n) is 8.26. The van der Waals surface area contributed by atoms with E-state index in [2.05, 4.69) is 6.92 Å². The smallest absolute Gasteiger partial charge is 0.246 e. The quantitative estimate of drug-likeness (QED) is 0.736. The third-order valence-corrected chi connectivity index (χ3v) is 6.96. The molecule has 2 atom stereocenters. The second kappa shape index (κ2) is 5.82. The van der Waals surface area contributed by atoms with Crippen molar-refractivity contribution in [1.29, 1.82) is 0 Å². The summed E-state index contributed by atoms with van der Waals surface area (Å²) in [5.41, 5.74) is 0. The second-order valence-corrected chi connectivity index (χ2v) is 8.36. The van der Waals surface area contributed by atoms with Crippen LogP contribution in [-0.4, -0.2) is 51.4 Å². The van der Waals surface area contributed by atoms with Crippen LogP contribution < -0.4 is 0 Å². The molecule has 3 fully saturated rings. The van der Waals surface area contributed by atoms with Gasteiger partial charge in [-0.05, 0) is 26.2 Å². The molecule has 0 radical (unpaired) electrons. The van der Waals surface area contributed by atoms with E-state index in [0.717, 1.165) is 25.0 Å². The lowest BCUT2D eigenvalue weighted by molar-refractivity contribution is -0.144. The molecule has 2 aliphatic heterocycles. The SMILES string of the molecule is CN(C(=O)C1CSC2(C)CCC(=O)N12)C1CCCCCC1. The maximum atomic E-state index is 12.9. The molecule has 2 heterocycles. The van der Waals surface area contributed by atoms with E-state index in [1.54, 1.807) is 11.8 Å². The molecule has 2 amide bonds. The first kappa shape index (κ1) is 15.2. The first-order valence-corrected chi connectivity index (χ1v) is 9.24. The molecule has 1 aliphatic carbocycles. The third kappa shape index (κ3) is 2.69. The van der Waals surface area contributed by atoms with Crippen LogP contribution in [0.3, 0.4) is 0 Å². The number of thioether (sulfide) groups is 1. The maximum absolute atomic E-state index is 12.9. The lowest BCUT2D eigenvalue weighted by Gasteiger charge is -2.34. The number of fused-ring (bicyclic) bond motifs is 1. The van der Waals surface area contributed by atoms with Crippen LogP contribution in [0.15, 0.2) is 0 Å². The second-order valence-electron chi connectivity index (χ2n) is 6.86. The van der Waals surface area contributed by atoms with Gasteiger partial charge in [0, 0.05) is 25.3 Å². The molecule has 5 heteroatoms. The Morgan fingerprint density at radius 2 is 1.95 bits per heavy atom. The minimum atomic E-state index is -0.233. The monoisotopic (exact) mass is 310 g/mol. The van der Waals surface area contributed by atoms with Gasteiger partial charge < -0.3 is 9.80 Å². The molecule has 118 valence electrons. The number of hydrogen-bond acceptors (Lipinski definition) is 3. The van der Waals surface area contributed by atoms with E-state index in [1.165, 1.54) is 25.7 Å². The zero-order valence-corrected chi connectivity index (χ0v) is 14.0. The summed E-state index contributed by atoms with van der Waals surface area (Å²) in [5, 5.41) is 0. The van der Waals surface area contributed by atoms with Crippen LogP contribution >= 0.6 is 11.8 Å². The number of carbonyl (C=O) groups excluding carboxylic acids is 2. The van der Waals surface area contributed by atoms with Crippen molar-refractivity contribution in [3.8, 4) is 0 Å². The predicted octanol–water partition coefficient (Wildman–Crippen LogP) is 2.62. The van der Waals surface area contributed by atoms with Crippen LogP contribution in [0.4, 0.5) is 0 Å². The van der Waals surface area contributed by atoms with Crippen molar-refractivity contribution < 1.29 is 9.59 Å². The van der Waals surface area contributed by atoms with Crippen LogP contribution in [0, 0.1) is 0 Å². The fraction of sp³-hybridized carbons (Fsp3) is 0.875. The van der Waals surface area contributed by atoms with E-state index < -0.39 is 0 Å². The van der Waals surface area contributed by atoms with E-state index in [1.807, 2.05) is 16.8 Å². The average molecular weight is 310 g/mol. The molecule has 0 bridgehead atoms. The lowest BCUT2D eigenvalue weighted by atomic mass is 10.1. The summed E-state index contributed by atoms with van der Waals surface area (Å²) in [5.74, 6) is 1.08. The van der Waals surface area contributed by atoms with Gasteiger partial charge in [-0.25, -0.2) is 0 Å². The summed E-state index contributed by atoms with van der Waals surface area (Å²) in [6.07, 6.45) is 8.75. The Kier molecular flexibility index (Phi) is 4.21. The van der Waals surface area contributed by atoms with Gasteiger partial charge in [0.2, 0.25) is 11.8 Å². The van der Waals surface area contributed by atoms with Crippen LogP contribution in [0.1, 0.15) is 58.3 Å². The van der Waals surface area contributed by atoms with Gasteiger partial charge in [-0.1, -0.05) is 25.7 Å². The Labute approximate surface area is 131 Å².